The number of fused-ring (bicyclic) bond motifs is 1. The van der Waals surface area contributed by atoms with Gasteiger partial charge < -0.3 is 9.47 Å². The van der Waals surface area contributed by atoms with Gasteiger partial charge in [-0.2, -0.15) is 0 Å². The van der Waals surface area contributed by atoms with Crippen molar-refractivity contribution >= 4 is 5.97 Å². The van der Waals surface area contributed by atoms with Crippen molar-refractivity contribution in [1.82, 2.24) is 0 Å². The van der Waals surface area contributed by atoms with Crippen LogP contribution in [0.5, 0.6) is 11.5 Å². The van der Waals surface area contributed by atoms with Crippen molar-refractivity contribution in [1.29, 1.82) is 0 Å². The molecule has 1 aliphatic rings. The number of rotatable bonds is 26. The molecule has 1 heterocycles. The zero-order valence-corrected chi connectivity index (χ0v) is 34.3. The van der Waals surface area contributed by atoms with Crippen LogP contribution in [0.25, 0.3) is 0 Å². The molecule has 0 N–H and O–H groups in total. The lowest BCUT2D eigenvalue weighted by atomic mass is 9.83. The number of benzene rings is 1. The summed E-state index contributed by atoms with van der Waals surface area (Å²) in [6, 6.07) is 0. The molecule has 0 aromatic heterocycles. The quantitative estimate of drug-likeness (QED) is 0.0420. The Balaban J connectivity index is 1.71. The molecule has 0 aliphatic carbocycles. The lowest BCUT2D eigenvalue weighted by molar-refractivity contribution is -0.134. The lowest BCUT2D eigenvalue weighted by Gasteiger charge is -2.38. The predicted molar refractivity (Wildman–Crippen MR) is 218 cm³/mol. The molecular formula is C47H78O3. The number of hydrogen-bond acceptors (Lipinski definition) is 3. The van der Waals surface area contributed by atoms with Gasteiger partial charge >= 0.3 is 5.97 Å². The molecule has 0 saturated carbocycles. The van der Waals surface area contributed by atoms with Crippen molar-refractivity contribution in [3.05, 3.63) is 58.7 Å². The third-order valence-electron chi connectivity index (χ3n) is 11.1. The number of carbonyl (C=O) groups excluding carboxylic acids is 1. The summed E-state index contributed by atoms with van der Waals surface area (Å²) in [5.41, 5.74) is 4.37. The maximum Gasteiger partial charge on any atom is 0.311 e. The van der Waals surface area contributed by atoms with Crippen molar-refractivity contribution in [2.24, 2.45) is 17.8 Å². The predicted octanol–water partition coefficient (Wildman–Crippen LogP) is 14.6. The first-order chi connectivity index (χ1) is 24.0. The fourth-order valence-corrected chi connectivity index (χ4v) is 7.47. The Bertz CT molecular complexity index is 1190. The van der Waals surface area contributed by atoms with Crippen LogP contribution < -0.4 is 9.47 Å². The summed E-state index contributed by atoms with van der Waals surface area (Å²) < 4.78 is 12.9. The first-order valence-electron chi connectivity index (χ1n) is 20.9. The number of hydrogen-bond donors (Lipinski definition) is 0. The average Bonchev–Trinajstić information content (AvgIpc) is 3.07. The summed E-state index contributed by atoms with van der Waals surface area (Å²) in [4.78, 5) is 12.9. The van der Waals surface area contributed by atoms with Crippen LogP contribution in [-0.2, 0) is 11.2 Å². The van der Waals surface area contributed by atoms with Crippen LogP contribution in [0.15, 0.2) is 36.5 Å². The number of ether oxygens (including phenoxy) is 2. The maximum absolute atomic E-state index is 12.9. The smallest absolute Gasteiger partial charge is 0.311 e. The van der Waals surface area contributed by atoms with Gasteiger partial charge in [-0.05, 0) is 126 Å². The van der Waals surface area contributed by atoms with Crippen molar-refractivity contribution < 1.29 is 14.3 Å². The van der Waals surface area contributed by atoms with E-state index in [-0.39, 0.29) is 11.6 Å². The summed E-state index contributed by atoms with van der Waals surface area (Å²) in [6.45, 7) is 20.4. The molecule has 3 heteroatoms. The molecular weight excluding hydrogens is 613 g/mol. The molecule has 0 radical (unpaired) electrons. The minimum atomic E-state index is -0.126. The van der Waals surface area contributed by atoms with Crippen molar-refractivity contribution in [2.45, 2.75) is 203 Å². The van der Waals surface area contributed by atoms with Crippen LogP contribution in [0.1, 0.15) is 192 Å². The van der Waals surface area contributed by atoms with Crippen LogP contribution in [0.3, 0.4) is 0 Å². The molecule has 0 unspecified atom stereocenters. The van der Waals surface area contributed by atoms with Gasteiger partial charge in [0.2, 0.25) is 0 Å². The van der Waals surface area contributed by atoms with E-state index >= 15 is 0 Å². The SMILES string of the molecule is CCC=CCC=CCC=CCCCCCCCC(=O)Oc1c(C)c(C)c2c(c1C)CC[C@@](C)(CCC[C@H](C)CCC[C@H](C)CCCC(C)C)O2. The minimum Gasteiger partial charge on any atom is -0.487 e. The Morgan fingerprint density at radius 2 is 1.30 bits per heavy atom. The van der Waals surface area contributed by atoms with Gasteiger partial charge in [0.05, 0.1) is 0 Å². The third-order valence-corrected chi connectivity index (χ3v) is 11.1. The first kappa shape index (κ1) is 43.9. The molecule has 2 rings (SSSR count). The van der Waals surface area contributed by atoms with Crippen molar-refractivity contribution in [2.75, 3.05) is 0 Å². The molecule has 284 valence electrons. The fraction of sp³-hybridized carbons (Fsp3) is 0.723. The van der Waals surface area contributed by atoms with E-state index < -0.39 is 0 Å². The lowest BCUT2D eigenvalue weighted by Crippen LogP contribution is -2.37. The van der Waals surface area contributed by atoms with Gasteiger partial charge in [0.15, 0.2) is 0 Å². The van der Waals surface area contributed by atoms with Gasteiger partial charge in [0.25, 0.3) is 0 Å². The minimum absolute atomic E-state index is 0.104. The number of allylic oxidation sites excluding steroid dienone is 6. The van der Waals surface area contributed by atoms with Crippen LogP contribution in [0.4, 0.5) is 0 Å². The molecule has 0 bridgehead atoms. The molecule has 0 amide bonds. The van der Waals surface area contributed by atoms with E-state index in [4.69, 9.17) is 9.47 Å². The highest BCUT2D eigenvalue weighted by atomic mass is 16.5. The summed E-state index contributed by atoms with van der Waals surface area (Å²) in [5, 5.41) is 0. The second-order valence-electron chi connectivity index (χ2n) is 16.5. The topological polar surface area (TPSA) is 35.5 Å². The van der Waals surface area contributed by atoms with E-state index in [1.807, 2.05) is 0 Å². The highest BCUT2D eigenvalue weighted by Gasteiger charge is 2.34. The zero-order chi connectivity index (χ0) is 36.8. The van der Waals surface area contributed by atoms with Crippen molar-refractivity contribution in [3.8, 4) is 11.5 Å². The Labute approximate surface area is 310 Å². The Kier molecular flexibility index (Phi) is 21.8. The van der Waals surface area contributed by atoms with Gasteiger partial charge in [-0.1, -0.05) is 135 Å². The zero-order valence-electron chi connectivity index (χ0n) is 34.3. The molecule has 50 heavy (non-hydrogen) atoms. The molecule has 1 aliphatic heterocycles. The standard InChI is InChI=1S/C47H78O3/c1-10-11-12-13-14-15-16-17-18-19-20-21-22-23-24-33-44(48)49-45-40(6)41(7)46-43(42(45)8)34-36-47(9,50-46)35-27-32-39(5)31-26-30-38(4)29-25-28-37(2)3/h11-12,14-15,17-18,37-39H,10,13,16,19-36H2,1-9H3/t38-,39-,47-/m1/s1. The molecule has 3 atom stereocenters. The average molecular weight is 691 g/mol. The van der Waals surface area contributed by atoms with E-state index in [1.54, 1.807) is 0 Å². The summed E-state index contributed by atoms with van der Waals surface area (Å²) in [5.74, 6) is 4.18. The Morgan fingerprint density at radius 3 is 1.96 bits per heavy atom. The van der Waals surface area contributed by atoms with Gasteiger partial charge in [-0.3, -0.25) is 4.79 Å². The molecule has 3 nitrogen and oxygen atoms in total. The number of esters is 1. The number of unbranched alkanes of at least 4 members (excludes halogenated alkanes) is 5. The van der Waals surface area contributed by atoms with Crippen LogP contribution in [-0.4, -0.2) is 11.6 Å². The Hall–Kier alpha value is -2.29. The van der Waals surface area contributed by atoms with Crippen LogP contribution in [0, 0.1) is 38.5 Å². The van der Waals surface area contributed by atoms with E-state index in [2.05, 4.69) is 98.8 Å². The van der Waals surface area contributed by atoms with Gasteiger partial charge in [-0.15, -0.1) is 0 Å². The molecule has 0 spiro atoms. The maximum atomic E-state index is 12.9. The van der Waals surface area contributed by atoms with Crippen molar-refractivity contribution in [3.63, 3.8) is 0 Å². The highest BCUT2D eigenvalue weighted by molar-refractivity contribution is 5.74. The fourth-order valence-electron chi connectivity index (χ4n) is 7.47. The van der Waals surface area contributed by atoms with Crippen LogP contribution >= 0.6 is 0 Å². The first-order valence-corrected chi connectivity index (χ1v) is 20.9. The third kappa shape index (κ3) is 17.3. The van der Waals surface area contributed by atoms with Crippen LogP contribution in [0.2, 0.25) is 0 Å². The normalized spacial score (nSPS) is 17.6. The summed E-state index contributed by atoms with van der Waals surface area (Å²) in [7, 11) is 0. The molecule has 1 aromatic carbocycles. The molecule has 1 aromatic rings. The summed E-state index contributed by atoms with van der Waals surface area (Å²) in [6.07, 6.45) is 37.7. The van der Waals surface area contributed by atoms with Gasteiger partial charge in [0.1, 0.15) is 17.1 Å². The summed E-state index contributed by atoms with van der Waals surface area (Å²) >= 11 is 0. The number of carbonyl (C=O) groups is 1. The van der Waals surface area contributed by atoms with E-state index in [9.17, 15) is 4.79 Å². The van der Waals surface area contributed by atoms with Gasteiger partial charge in [-0.25, -0.2) is 0 Å². The Morgan fingerprint density at radius 1 is 0.720 bits per heavy atom. The second-order valence-corrected chi connectivity index (χ2v) is 16.5. The largest absolute Gasteiger partial charge is 0.487 e. The van der Waals surface area contributed by atoms with E-state index in [1.165, 1.54) is 76.2 Å². The highest BCUT2D eigenvalue weighted by Crippen LogP contribution is 2.45. The van der Waals surface area contributed by atoms with E-state index in [0.717, 1.165) is 104 Å². The monoisotopic (exact) mass is 691 g/mol. The van der Waals surface area contributed by atoms with Gasteiger partial charge in [0, 0.05) is 12.0 Å². The molecule has 0 saturated heterocycles. The second kappa shape index (κ2) is 24.8. The molecule has 0 fully saturated rings. The van der Waals surface area contributed by atoms with E-state index in [0.29, 0.717) is 6.42 Å².